The van der Waals surface area contributed by atoms with Crippen LogP contribution in [0.25, 0.3) is 11.3 Å². The van der Waals surface area contributed by atoms with Crippen molar-refractivity contribution in [1.82, 2.24) is 9.29 Å². The highest BCUT2D eigenvalue weighted by atomic mass is 35.5. The molecule has 0 radical (unpaired) electrons. The third kappa shape index (κ3) is 5.42. The monoisotopic (exact) mass is 467 g/mol. The first kappa shape index (κ1) is 22.4. The van der Waals surface area contributed by atoms with Crippen LogP contribution >= 0.6 is 22.9 Å². The average molecular weight is 468 g/mol. The van der Waals surface area contributed by atoms with Gasteiger partial charge in [-0.1, -0.05) is 41.9 Å². The molecule has 1 heterocycles. The maximum absolute atomic E-state index is 13.3. The van der Waals surface area contributed by atoms with Crippen LogP contribution in [0.1, 0.15) is 5.56 Å². The molecule has 0 aliphatic heterocycles. The van der Waals surface area contributed by atoms with Crippen molar-refractivity contribution >= 4 is 44.0 Å². The van der Waals surface area contributed by atoms with Crippen molar-refractivity contribution in [3.05, 3.63) is 70.3 Å². The van der Waals surface area contributed by atoms with Gasteiger partial charge in [0.25, 0.3) is 0 Å². The van der Waals surface area contributed by atoms with Gasteiger partial charge in [-0.25, -0.2) is 17.8 Å². The lowest BCUT2D eigenvalue weighted by Crippen LogP contribution is -2.40. The van der Waals surface area contributed by atoms with E-state index in [2.05, 4.69) is 4.98 Å². The molecule has 0 spiro atoms. The number of halogens is 2. The molecule has 0 fully saturated rings. The number of carbonyl (C=O) groups is 1. The Morgan fingerprint density at radius 1 is 1.17 bits per heavy atom. The van der Waals surface area contributed by atoms with Gasteiger partial charge in [0.1, 0.15) is 5.82 Å². The summed E-state index contributed by atoms with van der Waals surface area (Å²) in [4.78, 5) is 18.9. The average Bonchev–Trinajstić information content (AvgIpc) is 3.16. The van der Waals surface area contributed by atoms with Crippen LogP contribution in [-0.2, 0) is 21.4 Å². The fraction of sp³-hybridized carbons (Fsp3) is 0.200. The number of rotatable bonds is 7. The molecule has 0 aliphatic carbocycles. The Hall–Kier alpha value is -2.33. The SMILES string of the molecule is CN(CC(=O)N(Cc1ccc(F)cc1)c1nc(-c2ccccc2Cl)cs1)S(C)(=O)=O. The smallest absolute Gasteiger partial charge is 0.244 e. The van der Waals surface area contributed by atoms with Crippen molar-refractivity contribution in [2.75, 3.05) is 24.7 Å². The van der Waals surface area contributed by atoms with E-state index in [0.29, 0.717) is 21.4 Å². The molecule has 0 N–H and O–H groups in total. The number of sulfonamides is 1. The van der Waals surface area contributed by atoms with Crippen LogP contribution in [0.4, 0.5) is 9.52 Å². The van der Waals surface area contributed by atoms with Crippen LogP contribution in [-0.4, -0.2) is 43.5 Å². The van der Waals surface area contributed by atoms with Crippen molar-refractivity contribution in [3.8, 4) is 11.3 Å². The van der Waals surface area contributed by atoms with E-state index >= 15 is 0 Å². The Morgan fingerprint density at radius 3 is 2.47 bits per heavy atom. The molecule has 30 heavy (non-hydrogen) atoms. The van der Waals surface area contributed by atoms with E-state index in [1.807, 2.05) is 18.2 Å². The minimum Gasteiger partial charge on any atom is -0.282 e. The van der Waals surface area contributed by atoms with Crippen LogP contribution in [0.2, 0.25) is 5.02 Å². The van der Waals surface area contributed by atoms with Gasteiger partial charge in [0.05, 0.1) is 25.0 Å². The standard InChI is InChI=1S/C20H19ClFN3O3S2/c1-24(30(2,27)28)12-19(26)25(11-14-7-9-15(22)10-8-14)20-23-18(13-29-20)16-5-3-4-6-17(16)21/h3-10,13H,11-12H2,1-2H3. The van der Waals surface area contributed by atoms with E-state index in [4.69, 9.17) is 11.6 Å². The minimum absolute atomic E-state index is 0.117. The highest BCUT2D eigenvalue weighted by Crippen LogP contribution is 2.32. The summed E-state index contributed by atoms with van der Waals surface area (Å²) in [6, 6.07) is 13.0. The number of carbonyl (C=O) groups excluding carboxylic acids is 1. The van der Waals surface area contributed by atoms with Gasteiger partial charge in [0.2, 0.25) is 15.9 Å². The number of hydrogen-bond acceptors (Lipinski definition) is 5. The molecule has 0 bridgehead atoms. The Bertz CT molecular complexity index is 1150. The summed E-state index contributed by atoms with van der Waals surface area (Å²) in [6.45, 7) is -0.229. The molecule has 1 aromatic heterocycles. The Labute approximate surface area is 183 Å². The first-order valence-electron chi connectivity index (χ1n) is 8.81. The number of anilines is 1. The molecule has 0 atom stereocenters. The maximum atomic E-state index is 13.3. The summed E-state index contributed by atoms with van der Waals surface area (Å²) in [5.74, 6) is -0.837. The second kappa shape index (κ2) is 9.22. The molecule has 0 unspecified atom stereocenters. The van der Waals surface area contributed by atoms with Crippen LogP contribution in [0.3, 0.4) is 0 Å². The van der Waals surface area contributed by atoms with Gasteiger partial charge in [-0.15, -0.1) is 11.3 Å². The summed E-state index contributed by atoms with van der Waals surface area (Å²) in [7, 11) is -2.20. The number of nitrogens with zero attached hydrogens (tertiary/aromatic N) is 3. The van der Waals surface area contributed by atoms with Crippen molar-refractivity contribution in [2.24, 2.45) is 0 Å². The zero-order valence-corrected chi connectivity index (χ0v) is 18.6. The number of amides is 1. The molecule has 3 rings (SSSR count). The van der Waals surface area contributed by atoms with Crippen LogP contribution < -0.4 is 4.90 Å². The summed E-state index contributed by atoms with van der Waals surface area (Å²) in [5, 5.41) is 2.70. The molecular weight excluding hydrogens is 449 g/mol. The van der Waals surface area contributed by atoms with E-state index in [1.165, 1.54) is 35.4 Å². The van der Waals surface area contributed by atoms with Gasteiger partial charge in [0.15, 0.2) is 5.13 Å². The van der Waals surface area contributed by atoms with Gasteiger partial charge in [0, 0.05) is 23.0 Å². The minimum atomic E-state index is -3.53. The molecular formula is C20H19ClFN3O3S2. The Morgan fingerprint density at radius 2 is 1.83 bits per heavy atom. The molecule has 2 aromatic carbocycles. The van der Waals surface area contributed by atoms with Crippen molar-refractivity contribution < 1.29 is 17.6 Å². The van der Waals surface area contributed by atoms with Crippen molar-refractivity contribution in [1.29, 1.82) is 0 Å². The van der Waals surface area contributed by atoms with Gasteiger partial charge >= 0.3 is 0 Å². The predicted octanol–water partition coefficient (Wildman–Crippen LogP) is 4.03. The third-order valence-electron chi connectivity index (χ3n) is 4.35. The molecule has 10 heteroatoms. The Kier molecular flexibility index (Phi) is 6.87. The molecule has 0 aliphatic rings. The summed E-state index contributed by atoms with van der Waals surface area (Å²) < 4.78 is 37.7. The largest absolute Gasteiger partial charge is 0.282 e. The van der Waals surface area contributed by atoms with E-state index in [1.54, 1.807) is 23.6 Å². The lowest BCUT2D eigenvalue weighted by Gasteiger charge is -2.23. The molecule has 0 saturated carbocycles. The van der Waals surface area contributed by atoms with E-state index in [0.717, 1.165) is 16.1 Å². The second-order valence-electron chi connectivity index (χ2n) is 6.62. The fourth-order valence-electron chi connectivity index (χ4n) is 2.61. The molecule has 3 aromatic rings. The fourth-order valence-corrected chi connectivity index (χ4v) is 4.03. The molecule has 1 amide bonds. The van der Waals surface area contributed by atoms with E-state index in [9.17, 15) is 17.6 Å². The quantitative estimate of drug-likeness (QED) is 0.526. The first-order valence-corrected chi connectivity index (χ1v) is 11.9. The molecule has 158 valence electrons. The lowest BCUT2D eigenvalue weighted by atomic mass is 10.2. The van der Waals surface area contributed by atoms with Crippen LogP contribution in [0, 0.1) is 5.82 Å². The van der Waals surface area contributed by atoms with Gasteiger partial charge in [-0.3, -0.25) is 9.69 Å². The highest BCUT2D eigenvalue weighted by Gasteiger charge is 2.24. The number of thiazole rings is 1. The first-order chi connectivity index (χ1) is 14.1. The van der Waals surface area contributed by atoms with Gasteiger partial charge in [-0.2, -0.15) is 4.31 Å². The maximum Gasteiger partial charge on any atom is 0.244 e. The number of aromatic nitrogens is 1. The topological polar surface area (TPSA) is 70.6 Å². The summed E-state index contributed by atoms with van der Waals surface area (Å²) >= 11 is 7.49. The number of benzene rings is 2. The van der Waals surface area contributed by atoms with Crippen LogP contribution in [0.5, 0.6) is 0 Å². The molecule has 0 saturated heterocycles. The lowest BCUT2D eigenvalue weighted by molar-refractivity contribution is -0.118. The molecule has 6 nitrogen and oxygen atoms in total. The van der Waals surface area contributed by atoms with E-state index < -0.39 is 15.9 Å². The van der Waals surface area contributed by atoms with Gasteiger partial charge in [-0.05, 0) is 23.8 Å². The Balaban J connectivity index is 1.93. The van der Waals surface area contributed by atoms with Crippen LogP contribution in [0.15, 0.2) is 53.9 Å². The second-order valence-corrected chi connectivity index (χ2v) is 9.95. The summed E-state index contributed by atoms with van der Waals surface area (Å²) in [6.07, 6.45) is 1.03. The third-order valence-corrected chi connectivity index (χ3v) is 6.81. The van der Waals surface area contributed by atoms with Gasteiger partial charge < -0.3 is 0 Å². The highest BCUT2D eigenvalue weighted by molar-refractivity contribution is 7.88. The summed E-state index contributed by atoms with van der Waals surface area (Å²) in [5.41, 5.74) is 2.01. The normalized spacial score (nSPS) is 11.6. The zero-order valence-electron chi connectivity index (χ0n) is 16.2. The van der Waals surface area contributed by atoms with Crippen molar-refractivity contribution in [2.45, 2.75) is 6.54 Å². The zero-order chi connectivity index (χ0) is 21.9. The van der Waals surface area contributed by atoms with Crippen molar-refractivity contribution in [3.63, 3.8) is 0 Å². The number of likely N-dealkylation sites (N-methyl/N-ethyl adjacent to an activating group) is 1. The van der Waals surface area contributed by atoms with E-state index in [-0.39, 0.29) is 18.9 Å². The number of hydrogen-bond donors (Lipinski definition) is 0. The predicted molar refractivity (Wildman–Crippen MR) is 118 cm³/mol.